The van der Waals surface area contributed by atoms with E-state index in [1.54, 1.807) is 18.2 Å². The maximum Gasteiger partial charge on any atom is 0.292 e. The van der Waals surface area contributed by atoms with Crippen LogP contribution in [0.25, 0.3) is 0 Å². The van der Waals surface area contributed by atoms with Crippen LogP contribution in [-0.2, 0) is 9.59 Å². The van der Waals surface area contributed by atoms with E-state index < -0.39 is 10.5 Å². The minimum atomic E-state index is -0.832. The van der Waals surface area contributed by atoms with Gasteiger partial charge in [-0.15, -0.1) is 0 Å². The molecule has 1 aliphatic rings. The third-order valence-electron chi connectivity index (χ3n) is 5.10. The molecule has 0 bridgehead atoms. The Labute approximate surface area is 165 Å². The highest BCUT2D eigenvalue weighted by Crippen LogP contribution is 2.29. The van der Waals surface area contributed by atoms with E-state index in [4.69, 9.17) is 0 Å². The summed E-state index contributed by atoms with van der Waals surface area (Å²) >= 11 is 0. The lowest BCUT2D eigenvalue weighted by atomic mass is 9.80. The van der Waals surface area contributed by atoms with Gasteiger partial charge in [-0.3, -0.25) is 19.7 Å². The normalized spacial score (nSPS) is 15.5. The van der Waals surface area contributed by atoms with Crippen LogP contribution in [0.4, 0.5) is 11.4 Å². The van der Waals surface area contributed by atoms with Gasteiger partial charge < -0.3 is 16.0 Å². The fourth-order valence-corrected chi connectivity index (χ4v) is 3.53. The van der Waals surface area contributed by atoms with Crippen LogP contribution in [-0.4, -0.2) is 35.4 Å². The van der Waals surface area contributed by atoms with Gasteiger partial charge in [0.25, 0.3) is 5.69 Å². The molecule has 154 valence electrons. The van der Waals surface area contributed by atoms with Crippen molar-refractivity contribution in [2.24, 2.45) is 0 Å². The van der Waals surface area contributed by atoms with E-state index in [0.717, 1.165) is 32.1 Å². The Kier molecular flexibility index (Phi) is 8.22. The monoisotopic (exact) mass is 390 g/mol. The Morgan fingerprint density at radius 3 is 2.54 bits per heavy atom. The van der Waals surface area contributed by atoms with Crippen molar-refractivity contribution in [3.8, 4) is 0 Å². The van der Waals surface area contributed by atoms with Crippen LogP contribution in [0.5, 0.6) is 0 Å². The van der Waals surface area contributed by atoms with Gasteiger partial charge in [0, 0.05) is 25.6 Å². The number of anilines is 1. The molecule has 0 saturated heterocycles. The topological polar surface area (TPSA) is 113 Å². The number of nitro groups is 1. The SMILES string of the molecule is CCCCNC(=O)C1(NC(=O)CCNc2ccccc2[N+](=O)[O-])CCCCC1. The molecule has 3 N–H and O–H groups in total. The Morgan fingerprint density at radius 2 is 1.86 bits per heavy atom. The first-order valence-electron chi connectivity index (χ1n) is 10.0. The van der Waals surface area contributed by atoms with Crippen LogP contribution in [0.3, 0.4) is 0 Å². The summed E-state index contributed by atoms with van der Waals surface area (Å²) in [5.41, 5.74) is -0.478. The van der Waals surface area contributed by atoms with Gasteiger partial charge in [0.2, 0.25) is 11.8 Å². The molecule has 2 rings (SSSR count). The van der Waals surface area contributed by atoms with Gasteiger partial charge in [0.05, 0.1) is 4.92 Å². The zero-order valence-corrected chi connectivity index (χ0v) is 16.5. The molecule has 1 aliphatic carbocycles. The molecule has 0 spiro atoms. The van der Waals surface area contributed by atoms with Crippen LogP contribution in [0, 0.1) is 10.1 Å². The summed E-state index contributed by atoms with van der Waals surface area (Å²) < 4.78 is 0. The summed E-state index contributed by atoms with van der Waals surface area (Å²) in [6.45, 7) is 2.94. The molecule has 0 radical (unpaired) electrons. The summed E-state index contributed by atoms with van der Waals surface area (Å²) in [4.78, 5) is 35.8. The van der Waals surface area contributed by atoms with E-state index in [-0.39, 0.29) is 30.5 Å². The number of amides is 2. The van der Waals surface area contributed by atoms with Crippen LogP contribution in [0.2, 0.25) is 0 Å². The molecule has 8 heteroatoms. The molecule has 1 aromatic rings. The predicted octanol–water partition coefficient (Wildman–Crippen LogP) is 3.13. The van der Waals surface area contributed by atoms with Crippen molar-refractivity contribution in [1.29, 1.82) is 0 Å². The van der Waals surface area contributed by atoms with E-state index in [1.807, 2.05) is 0 Å². The van der Waals surface area contributed by atoms with Gasteiger partial charge in [-0.2, -0.15) is 0 Å². The van der Waals surface area contributed by atoms with Gasteiger partial charge in [-0.05, 0) is 25.3 Å². The number of carbonyl (C=O) groups excluding carboxylic acids is 2. The van der Waals surface area contributed by atoms with Crippen molar-refractivity contribution < 1.29 is 14.5 Å². The maximum absolute atomic E-state index is 12.7. The summed E-state index contributed by atoms with van der Waals surface area (Å²) in [7, 11) is 0. The first-order valence-corrected chi connectivity index (χ1v) is 10.0. The lowest BCUT2D eigenvalue weighted by Crippen LogP contribution is -2.60. The highest BCUT2D eigenvalue weighted by molar-refractivity contribution is 5.91. The van der Waals surface area contributed by atoms with Gasteiger partial charge in [-0.1, -0.05) is 44.7 Å². The lowest BCUT2D eigenvalue weighted by Gasteiger charge is -2.36. The quantitative estimate of drug-likeness (QED) is 0.323. The molecular formula is C20H30N4O4. The standard InChI is InChI=1S/C20H30N4O4/c1-2-3-14-22-19(26)20(12-7-4-8-13-20)23-18(25)11-15-21-16-9-5-6-10-17(16)24(27)28/h5-6,9-10,21H,2-4,7-8,11-15H2,1H3,(H,22,26)(H,23,25). The lowest BCUT2D eigenvalue weighted by molar-refractivity contribution is -0.384. The second kappa shape index (κ2) is 10.6. The molecule has 0 aliphatic heterocycles. The summed E-state index contributed by atoms with van der Waals surface area (Å²) in [6, 6.07) is 6.33. The van der Waals surface area contributed by atoms with Gasteiger partial charge in [-0.25, -0.2) is 0 Å². The van der Waals surface area contributed by atoms with Crippen LogP contribution in [0.15, 0.2) is 24.3 Å². The molecular weight excluding hydrogens is 360 g/mol. The van der Waals surface area contributed by atoms with Crippen LogP contribution >= 0.6 is 0 Å². The summed E-state index contributed by atoms with van der Waals surface area (Å²) in [5, 5.41) is 19.9. The number of para-hydroxylation sites is 2. The van der Waals surface area contributed by atoms with E-state index in [9.17, 15) is 19.7 Å². The zero-order valence-electron chi connectivity index (χ0n) is 16.5. The van der Waals surface area contributed by atoms with E-state index in [1.165, 1.54) is 6.07 Å². The Morgan fingerprint density at radius 1 is 1.14 bits per heavy atom. The molecule has 0 heterocycles. The van der Waals surface area contributed by atoms with E-state index in [2.05, 4.69) is 22.9 Å². The number of rotatable bonds is 10. The molecule has 1 fully saturated rings. The van der Waals surface area contributed by atoms with Crippen LogP contribution < -0.4 is 16.0 Å². The first-order chi connectivity index (χ1) is 13.5. The number of nitro benzene ring substituents is 1. The molecule has 1 saturated carbocycles. The minimum Gasteiger partial charge on any atom is -0.379 e. The average molecular weight is 390 g/mol. The van der Waals surface area contributed by atoms with Gasteiger partial charge in [0.15, 0.2) is 0 Å². The first kappa shape index (κ1) is 21.7. The van der Waals surface area contributed by atoms with Crippen molar-refractivity contribution in [1.82, 2.24) is 10.6 Å². The average Bonchev–Trinajstić information content (AvgIpc) is 2.69. The Bertz CT molecular complexity index is 687. The smallest absolute Gasteiger partial charge is 0.292 e. The van der Waals surface area contributed by atoms with Crippen molar-refractivity contribution in [2.45, 2.75) is 63.8 Å². The van der Waals surface area contributed by atoms with Crippen molar-refractivity contribution >= 4 is 23.2 Å². The number of unbranched alkanes of at least 4 members (excludes halogenated alkanes) is 1. The minimum absolute atomic E-state index is 0.0260. The Balaban J connectivity index is 1.91. The molecule has 8 nitrogen and oxygen atoms in total. The number of benzene rings is 1. The number of nitrogens with zero attached hydrogens (tertiary/aromatic N) is 1. The number of hydrogen-bond donors (Lipinski definition) is 3. The zero-order chi connectivity index (χ0) is 20.4. The Hall–Kier alpha value is -2.64. The van der Waals surface area contributed by atoms with Gasteiger partial charge >= 0.3 is 0 Å². The molecule has 0 unspecified atom stereocenters. The highest BCUT2D eigenvalue weighted by Gasteiger charge is 2.40. The van der Waals surface area contributed by atoms with Gasteiger partial charge in [0.1, 0.15) is 11.2 Å². The second-order valence-corrected chi connectivity index (χ2v) is 7.25. The highest BCUT2D eigenvalue weighted by atomic mass is 16.6. The third kappa shape index (κ3) is 5.94. The maximum atomic E-state index is 12.7. The predicted molar refractivity (Wildman–Crippen MR) is 108 cm³/mol. The van der Waals surface area contributed by atoms with Crippen molar-refractivity contribution in [3.05, 3.63) is 34.4 Å². The molecule has 0 atom stereocenters. The number of nitrogens with one attached hydrogen (secondary N) is 3. The summed E-state index contributed by atoms with van der Waals surface area (Å²) in [6.07, 6.45) is 6.23. The van der Waals surface area contributed by atoms with Crippen molar-refractivity contribution in [2.75, 3.05) is 18.4 Å². The van der Waals surface area contributed by atoms with E-state index in [0.29, 0.717) is 25.1 Å². The molecule has 0 aromatic heterocycles. The number of hydrogen-bond acceptors (Lipinski definition) is 5. The fraction of sp³-hybridized carbons (Fsp3) is 0.600. The molecule has 2 amide bonds. The third-order valence-corrected chi connectivity index (χ3v) is 5.10. The van der Waals surface area contributed by atoms with Crippen molar-refractivity contribution in [3.63, 3.8) is 0 Å². The van der Waals surface area contributed by atoms with Crippen LogP contribution in [0.1, 0.15) is 58.3 Å². The largest absolute Gasteiger partial charge is 0.379 e. The second-order valence-electron chi connectivity index (χ2n) is 7.25. The fourth-order valence-electron chi connectivity index (χ4n) is 3.53. The molecule has 1 aromatic carbocycles. The summed E-state index contributed by atoms with van der Waals surface area (Å²) in [5.74, 6) is -0.320. The number of carbonyl (C=O) groups is 2. The molecule has 28 heavy (non-hydrogen) atoms. The van der Waals surface area contributed by atoms with E-state index >= 15 is 0 Å².